The summed E-state index contributed by atoms with van der Waals surface area (Å²) < 4.78 is 53.5. The number of hydrogen-bond acceptors (Lipinski definition) is 2. The fraction of sp³-hybridized carbons (Fsp3) is 0.750. The van der Waals surface area contributed by atoms with Gasteiger partial charge in [0.05, 0.1) is 0 Å². The Morgan fingerprint density at radius 1 is 1.29 bits per heavy atom. The van der Waals surface area contributed by atoms with Gasteiger partial charge in [0, 0.05) is 5.92 Å². The van der Waals surface area contributed by atoms with Crippen LogP contribution in [0.3, 0.4) is 0 Å². The Morgan fingerprint density at radius 3 is 2.14 bits per heavy atom. The lowest BCUT2D eigenvalue weighted by atomic mass is 9.74. The third-order valence-corrected chi connectivity index (χ3v) is 2.84. The summed E-state index contributed by atoms with van der Waals surface area (Å²) in [6.07, 6.45) is 0.602. The minimum Gasteiger partial charge on any atom is -0.292 e. The molecule has 0 aromatic carbocycles. The van der Waals surface area contributed by atoms with Gasteiger partial charge < -0.3 is 0 Å². The zero-order valence-corrected chi connectivity index (χ0v) is 7.82. The maximum Gasteiger partial charge on any atom is 0.261 e. The van der Waals surface area contributed by atoms with Crippen LogP contribution in [-0.2, 0) is 0 Å². The number of hydrogen-bond donors (Lipinski definition) is 2. The van der Waals surface area contributed by atoms with E-state index >= 15 is 0 Å². The molecular weight excluding hydrogens is 200 g/mol. The second-order valence-electron chi connectivity index (χ2n) is 3.80. The Labute approximate surface area is 78.9 Å². The zero-order chi connectivity index (χ0) is 11.4. The molecular formula is C8H12F4N2. The fourth-order valence-corrected chi connectivity index (χ4v) is 1.36. The van der Waals surface area contributed by atoms with E-state index in [1.807, 2.05) is 0 Å². The van der Waals surface area contributed by atoms with Crippen molar-refractivity contribution in [1.29, 1.82) is 0 Å². The van der Waals surface area contributed by atoms with Crippen LogP contribution in [0.15, 0.2) is 11.9 Å². The predicted molar refractivity (Wildman–Crippen MR) is 43.9 cm³/mol. The maximum absolute atomic E-state index is 13.7. The van der Waals surface area contributed by atoms with Gasteiger partial charge in [-0.05, 0) is 13.0 Å². The minimum absolute atomic E-state index is 0.602. The van der Waals surface area contributed by atoms with Gasteiger partial charge in [-0.3, -0.25) is 11.5 Å². The smallest absolute Gasteiger partial charge is 0.261 e. The Balaban J connectivity index is 3.35. The Bertz CT molecular complexity index is 283. The standard InChI is InChI=1S/C8H12F4N2/c1-4-3-5(9)7(11,13)8(12,14)6(4,2)10/h3-4H,13-14H2,1-2H3. The molecule has 6 heteroatoms. The van der Waals surface area contributed by atoms with Crippen molar-refractivity contribution < 1.29 is 17.6 Å². The molecule has 0 spiro atoms. The van der Waals surface area contributed by atoms with E-state index in [2.05, 4.69) is 5.73 Å². The first kappa shape index (κ1) is 11.5. The van der Waals surface area contributed by atoms with E-state index in [1.165, 1.54) is 6.92 Å². The van der Waals surface area contributed by atoms with Crippen LogP contribution < -0.4 is 11.5 Å². The van der Waals surface area contributed by atoms with Crippen LogP contribution in [0, 0.1) is 5.92 Å². The molecule has 1 aliphatic carbocycles. The third-order valence-electron chi connectivity index (χ3n) is 2.84. The van der Waals surface area contributed by atoms with E-state index in [4.69, 9.17) is 5.73 Å². The summed E-state index contributed by atoms with van der Waals surface area (Å²) in [4.78, 5) is 0. The molecule has 0 radical (unpaired) electrons. The van der Waals surface area contributed by atoms with E-state index in [-0.39, 0.29) is 0 Å². The lowest BCUT2D eigenvalue weighted by Gasteiger charge is -2.46. The number of nitrogens with two attached hydrogens (primary N) is 2. The molecule has 0 aliphatic heterocycles. The lowest BCUT2D eigenvalue weighted by Crippen LogP contribution is -2.73. The summed E-state index contributed by atoms with van der Waals surface area (Å²) in [7, 11) is 0. The largest absolute Gasteiger partial charge is 0.292 e. The SMILES string of the molecule is CC1C=C(F)C(N)(F)C(N)(F)C1(C)F. The average molecular weight is 212 g/mol. The summed E-state index contributed by atoms with van der Waals surface area (Å²) in [5, 5.41) is 0. The first-order valence-corrected chi connectivity index (χ1v) is 4.07. The Hall–Kier alpha value is -0.620. The minimum atomic E-state index is -3.62. The number of rotatable bonds is 0. The summed E-state index contributed by atoms with van der Waals surface area (Å²) in [5.74, 6) is -9.98. The van der Waals surface area contributed by atoms with E-state index in [0.29, 0.717) is 6.08 Å². The van der Waals surface area contributed by atoms with Gasteiger partial charge in [0.15, 0.2) is 11.5 Å². The Kier molecular flexibility index (Phi) is 2.21. The molecule has 14 heavy (non-hydrogen) atoms. The van der Waals surface area contributed by atoms with Crippen molar-refractivity contribution in [3.63, 3.8) is 0 Å². The third kappa shape index (κ3) is 1.10. The highest BCUT2D eigenvalue weighted by Gasteiger charge is 2.67. The van der Waals surface area contributed by atoms with Crippen molar-refractivity contribution in [2.24, 2.45) is 17.4 Å². The van der Waals surface area contributed by atoms with Gasteiger partial charge in [-0.1, -0.05) is 6.92 Å². The highest BCUT2D eigenvalue weighted by Crippen LogP contribution is 2.48. The lowest BCUT2D eigenvalue weighted by molar-refractivity contribution is -0.146. The average Bonchev–Trinajstić information content (AvgIpc) is 2.01. The summed E-state index contributed by atoms with van der Waals surface area (Å²) in [6.45, 7) is 1.94. The Morgan fingerprint density at radius 2 is 1.71 bits per heavy atom. The monoisotopic (exact) mass is 212 g/mol. The summed E-state index contributed by atoms with van der Waals surface area (Å²) >= 11 is 0. The quantitative estimate of drug-likeness (QED) is 0.472. The molecule has 0 aromatic rings. The van der Waals surface area contributed by atoms with Gasteiger partial charge in [-0.25, -0.2) is 17.6 Å². The van der Waals surface area contributed by atoms with Crippen LogP contribution in [0.2, 0.25) is 0 Å². The fourth-order valence-electron chi connectivity index (χ4n) is 1.36. The van der Waals surface area contributed by atoms with E-state index in [1.54, 1.807) is 0 Å². The molecule has 2 nitrogen and oxygen atoms in total. The number of alkyl halides is 3. The molecule has 0 saturated heterocycles. The maximum atomic E-state index is 13.7. The normalized spacial score (nSPS) is 54.3. The van der Waals surface area contributed by atoms with Gasteiger partial charge in [0.25, 0.3) is 5.79 Å². The van der Waals surface area contributed by atoms with Crippen molar-refractivity contribution in [2.45, 2.75) is 31.1 Å². The molecule has 1 aliphatic rings. The van der Waals surface area contributed by atoms with Crippen molar-refractivity contribution in [3.05, 3.63) is 11.9 Å². The molecule has 82 valence electrons. The molecule has 4 atom stereocenters. The van der Waals surface area contributed by atoms with Gasteiger partial charge in [-0.15, -0.1) is 0 Å². The summed E-state index contributed by atoms with van der Waals surface area (Å²) in [5.41, 5.74) is 6.72. The van der Waals surface area contributed by atoms with Crippen molar-refractivity contribution in [2.75, 3.05) is 0 Å². The van der Waals surface area contributed by atoms with Crippen molar-refractivity contribution in [1.82, 2.24) is 0 Å². The van der Waals surface area contributed by atoms with Crippen LogP contribution >= 0.6 is 0 Å². The summed E-state index contributed by atoms with van der Waals surface area (Å²) in [6, 6.07) is 0. The molecule has 0 saturated carbocycles. The first-order valence-electron chi connectivity index (χ1n) is 4.07. The van der Waals surface area contributed by atoms with E-state index in [9.17, 15) is 17.6 Å². The molecule has 0 amide bonds. The molecule has 0 heterocycles. The van der Waals surface area contributed by atoms with Crippen LogP contribution in [0.25, 0.3) is 0 Å². The second-order valence-corrected chi connectivity index (χ2v) is 3.80. The van der Waals surface area contributed by atoms with Gasteiger partial charge in [0.1, 0.15) is 0 Å². The van der Waals surface area contributed by atoms with Crippen LogP contribution in [0.1, 0.15) is 13.8 Å². The van der Waals surface area contributed by atoms with Crippen LogP contribution in [0.5, 0.6) is 0 Å². The van der Waals surface area contributed by atoms with Gasteiger partial charge in [0.2, 0.25) is 5.79 Å². The second kappa shape index (κ2) is 2.70. The van der Waals surface area contributed by atoms with Crippen molar-refractivity contribution in [3.8, 4) is 0 Å². The van der Waals surface area contributed by atoms with Crippen molar-refractivity contribution >= 4 is 0 Å². The molecule has 0 aromatic heterocycles. The van der Waals surface area contributed by atoms with Crippen LogP contribution in [0.4, 0.5) is 17.6 Å². The first-order chi connectivity index (χ1) is 6.05. The molecule has 4 N–H and O–H groups in total. The number of halogens is 4. The highest BCUT2D eigenvalue weighted by atomic mass is 19.2. The molecule has 0 fully saturated rings. The number of allylic oxidation sites excluding steroid dienone is 1. The highest BCUT2D eigenvalue weighted by molar-refractivity contribution is 5.27. The van der Waals surface area contributed by atoms with E-state index in [0.717, 1.165) is 6.92 Å². The van der Waals surface area contributed by atoms with Gasteiger partial charge in [-0.2, -0.15) is 0 Å². The van der Waals surface area contributed by atoms with Gasteiger partial charge >= 0.3 is 0 Å². The molecule has 4 unspecified atom stereocenters. The van der Waals surface area contributed by atoms with E-state index < -0.39 is 29.0 Å². The molecule has 0 bridgehead atoms. The topological polar surface area (TPSA) is 52.0 Å². The van der Waals surface area contributed by atoms with Crippen LogP contribution in [-0.4, -0.2) is 17.3 Å². The predicted octanol–water partition coefficient (Wildman–Crippen LogP) is 1.47. The molecule has 1 rings (SSSR count). The zero-order valence-electron chi connectivity index (χ0n) is 7.82.